The Morgan fingerprint density at radius 3 is 2.44 bits per heavy atom. The number of benzene rings is 2. The second-order valence-electron chi connectivity index (χ2n) is 7.10. The summed E-state index contributed by atoms with van der Waals surface area (Å²) in [5, 5.41) is 3.35. The van der Waals surface area contributed by atoms with Crippen molar-refractivity contribution >= 4 is 17.3 Å². The van der Waals surface area contributed by atoms with Crippen molar-refractivity contribution in [3.8, 4) is 0 Å². The Labute approximate surface area is 148 Å². The average Bonchev–Trinajstić information content (AvgIpc) is 2.61. The van der Waals surface area contributed by atoms with E-state index in [-0.39, 0.29) is 5.54 Å². The summed E-state index contributed by atoms with van der Waals surface area (Å²) < 4.78 is 0. The fourth-order valence-electron chi connectivity index (χ4n) is 3.45. The summed E-state index contributed by atoms with van der Waals surface area (Å²) in [6.45, 7) is 5.41. The Morgan fingerprint density at radius 1 is 0.920 bits per heavy atom. The summed E-state index contributed by atoms with van der Waals surface area (Å²) in [6, 6.07) is 20.8. The number of rotatable bonds is 3. The number of aromatic nitrogens is 2. The molecule has 0 radical (unpaired) electrons. The molecule has 0 fully saturated rings. The average molecular weight is 330 g/mol. The Morgan fingerprint density at radius 2 is 1.64 bits per heavy atom. The molecule has 4 rings (SSSR count). The van der Waals surface area contributed by atoms with Crippen LogP contribution < -0.4 is 10.2 Å². The molecule has 2 heterocycles. The highest BCUT2D eigenvalue weighted by atomic mass is 15.3. The van der Waals surface area contributed by atoms with Crippen LogP contribution >= 0.6 is 0 Å². The molecule has 126 valence electrons. The van der Waals surface area contributed by atoms with E-state index in [9.17, 15) is 0 Å². The lowest BCUT2D eigenvalue weighted by atomic mass is 9.85. The zero-order valence-corrected chi connectivity index (χ0v) is 14.6. The molecule has 0 bridgehead atoms. The molecule has 2 aromatic carbocycles. The number of nitrogens with one attached hydrogen (secondary N) is 1. The number of fused-ring (bicyclic) bond motifs is 1. The highest BCUT2D eigenvalue weighted by molar-refractivity contribution is 5.60. The van der Waals surface area contributed by atoms with Crippen molar-refractivity contribution in [2.75, 3.05) is 10.2 Å². The third-order valence-corrected chi connectivity index (χ3v) is 4.78. The molecule has 1 aliphatic rings. The van der Waals surface area contributed by atoms with E-state index in [0.717, 1.165) is 30.3 Å². The van der Waals surface area contributed by atoms with Gasteiger partial charge in [0.25, 0.3) is 0 Å². The van der Waals surface area contributed by atoms with Gasteiger partial charge in [-0.15, -0.1) is 0 Å². The molecule has 4 heteroatoms. The van der Waals surface area contributed by atoms with Crippen LogP contribution in [0.4, 0.5) is 17.3 Å². The maximum Gasteiger partial charge on any atom is 0.135 e. The highest BCUT2D eigenvalue weighted by Crippen LogP contribution is 2.34. The molecule has 3 aromatic rings. The van der Waals surface area contributed by atoms with E-state index in [1.54, 1.807) is 6.33 Å². The Kier molecular flexibility index (Phi) is 3.88. The molecule has 1 aliphatic heterocycles. The van der Waals surface area contributed by atoms with Crippen molar-refractivity contribution in [3.63, 3.8) is 0 Å². The molecule has 1 N–H and O–H groups in total. The molecule has 0 aliphatic carbocycles. The minimum absolute atomic E-state index is 0.00667. The van der Waals surface area contributed by atoms with Crippen molar-refractivity contribution in [1.29, 1.82) is 0 Å². The molecule has 25 heavy (non-hydrogen) atoms. The monoisotopic (exact) mass is 330 g/mol. The van der Waals surface area contributed by atoms with E-state index < -0.39 is 0 Å². The van der Waals surface area contributed by atoms with Crippen LogP contribution in [0.5, 0.6) is 0 Å². The second kappa shape index (κ2) is 6.20. The lowest BCUT2D eigenvalue weighted by Crippen LogP contribution is -2.49. The maximum absolute atomic E-state index is 4.55. The second-order valence-corrected chi connectivity index (χ2v) is 7.10. The van der Waals surface area contributed by atoms with Crippen molar-refractivity contribution < 1.29 is 0 Å². The van der Waals surface area contributed by atoms with Crippen LogP contribution in [-0.2, 0) is 13.0 Å². The lowest BCUT2D eigenvalue weighted by Gasteiger charge is -2.44. The van der Waals surface area contributed by atoms with Crippen molar-refractivity contribution in [2.24, 2.45) is 0 Å². The number of anilines is 3. The van der Waals surface area contributed by atoms with Crippen molar-refractivity contribution in [2.45, 2.75) is 32.4 Å². The van der Waals surface area contributed by atoms with Gasteiger partial charge in [0.05, 0.1) is 0 Å². The van der Waals surface area contributed by atoms with E-state index >= 15 is 0 Å². The Bertz CT molecular complexity index is 874. The molecule has 0 amide bonds. The fourth-order valence-corrected chi connectivity index (χ4v) is 3.45. The number of nitrogens with zero attached hydrogens (tertiary/aromatic N) is 3. The summed E-state index contributed by atoms with van der Waals surface area (Å²) in [5.41, 5.74) is 3.83. The molecule has 0 saturated carbocycles. The van der Waals surface area contributed by atoms with Gasteiger partial charge in [-0.05, 0) is 43.5 Å². The van der Waals surface area contributed by atoms with Gasteiger partial charge >= 0.3 is 0 Å². The third-order valence-electron chi connectivity index (χ3n) is 4.78. The van der Waals surface area contributed by atoms with Gasteiger partial charge in [-0.3, -0.25) is 0 Å². The first kappa shape index (κ1) is 15.6. The first-order chi connectivity index (χ1) is 12.1. The smallest absolute Gasteiger partial charge is 0.135 e. The predicted molar refractivity (Wildman–Crippen MR) is 102 cm³/mol. The molecule has 0 atom stereocenters. The molecule has 1 aromatic heterocycles. The molecule has 0 saturated heterocycles. The first-order valence-corrected chi connectivity index (χ1v) is 8.60. The van der Waals surface area contributed by atoms with Gasteiger partial charge in [0, 0.05) is 23.8 Å². The Balaban J connectivity index is 1.64. The number of hydrogen-bond acceptors (Lipinski definition) is 4. The molecule has 4 nitrogen and oxygen atoms in total. The first-order valence-electron chi connectivity index (χ1n) is 8.60. The van der Waals surface area contributed by atoms with Crippen LogP contribution in [-0.4, -0.2) is 15.5 Å². The third kappa shape index (κ3) is 3.20. The van der Waals surface area contributed by atoms with Gasteiger partial charge in [0.2, 0.25) is 0 Å². The summed E-state index contributed by atoms with van der Waals surface area (Å²) in [6.07, 6.45) is 2.64. The van der Waals surface area contributed by atoms with E-state index in [1.807, 2.05) is 36.4 Å². The summed E-state index contributed by atoms with van der Waals surface area (Å²) in [4.78, 5) is 11.3. The van der Waals surface area contributed by atoms with Crippen LogP contribution in [0.25, 0.3) is 0 Å². The van der Waals surface area contributed by atoms with Gasteiger partial charge in [0.15, 0.2) is 0 Å². The number of hydrogen-bond donors (Lipinski definition) is 1. The van der Waals surface area contributed by atoms with Crippen molar-refractivity contribution in [3.05, 3.63) is 78.1 Å². The van der Waals surface area contributed by atoms with Crippen molar-refractivity contribution in [1.82, 2.24) is 9.97 Å². The molecular weight excluding hydrogens is 308 g/mol. The lowest BCUT2D eigenvalue weighted by molar-refractivity contribution is 0.427. The summed E-state index contributed by atoms with van der Waals surface area (Å²) >= 11 is 0. The quantitative estimate of drug-likeness (QED) is 0.764. The predicted octanol–water partition coefficient (Wildman–Crippen LogP) is 4.56. The van der Waals surface area contributed by atoms with Gasteiger partial charge in [-0.2, -0.15) is 0 Å². The maximum atomic E-state index is 4.55. The zero-order valence-electron chi connectivity index (χ0n) is 14.6. The summed E-state index contributed by atoms with van der Waals surface area (Å²) in [5.74, 6) is 1.76. The molecular formula is C21H22N4. The van der Waals surface area contributed by atoms with E-state index in [0.29, 0.717) is 0 Å². The minimum Gasteiger partial charge on any atom is -0.347 e. The van der Waals surface area contributed by atoms with Crippen LogP contribution in [0, 0.1) is 0 Å². The normalized spacial score (nSPS) is 15.5. The SMILES string of the molecule is CC1(C)Cc2ccccc2CN1c1cc(Nc2ccccc2)ncn1. The Hall–Kier alpha value is -2.88. The van der Waals surface area contributed by atoms with E-state index in [1.165, 1.54) is 11.1 Å². The van der Waals surface area contributed by atoms with Gasteiger partial charge in [-0.1, -0.05) is 42.5 Å². The van der Waals surface area contributed by atoms with Gasteiger partial charge in [-0.25, -0.2) is 9.97 Å². The topological polar surface area (TPSA) is 41.0 Å². The van der Waals surface area contributed by atoms with Gasteiger partial charge in [0.1, 0.15) is 18.0 Å². The zero-order chi connectivity index (χ0) is 17.3. The van der Waals surface area contributed by atoms with E-state index in [2.05, 4.69) is 58.3 Å². The molecule has 0 unspecified atom stereocenters. The standard InChI is InChI=1S/C21H22N4/c1-21(2)13-16-8-6-7-9-17(16)14-25(21)20-12-19(22-15-23-20)24-18-10-4-3-5-11-18/h3-12,15H,13-14H2,1-2H3,(H,22,23,24). The van der Waals surface area contributed by atoms with E-state index in [4.69, 9.17) is 0 Å². The highest BCUT2D eigenvalue weighted by Gasteiger charge is 2.33. The summed E-state index contributed by atoms with van der Waals surface area (Å²) in [7, 11) is 0. The van der Waals surface area contributed by atoms with Crippen LogP contribution in [0.2, 0.25) is 0 Å². The van der Waals surface area contributed by atoms with Crippen LogP contribution in [0.1, 0.15) is 25.0 Å². The number of para-hydroxylation sites is 1. The molecule has 0 spiro atoms. The van der Waals surface area contributed by atoms with Gasteiger partial charge < -0.3 is 10.2 Å². The fraction of sp³-hybridized carbons (Fsp3) is 0.238. The minimum atomic E-state index is 0.00667. The largest absolute Gasteiger partial charge is 0.347 e. The van der Waals surface area contributed by atoms with Crippen LogP contribution in [0.15, 0.2) is 67.0 Å². The van der Waals surface area contributed by atoms with Crippen LogP contribution in [0.3, 0.4) is 0 Å².